The van der Waals surface area contributed by atoms with Crippen LogP contribution in [-0.2, 0) is 6.54 Å². The quantitative estimate of drug-likeness (QED) is 0.627. The predicted octanol–water partition coefficient (Wildman–Crippen LogP) is 5.13. The van der Waals surface area contributed by atoms with Crippen LogP contribution in [0.3, 0.4) is 0 Å². The van der Waals surface area contributed by atoms with Gasteiger partial charge in [-0.15, -0.1) is 0 Å². The number of aromatic amines is 1. The molecular weight excluding hydrogens is 372 g/mol. The molecule has 3 aromatic rings. The minimum Gasteiger partial charge on any atom is -0.494 e. The molecule has 0 bridgehead atoms. The fourth-order valence-corrected chi connectivity index (χ4v) is 4.11. The summed E-state index contributed by atoms with van der Waals surface area (Å²) in [5, 5.41) is 7.30. The maximum absolute atomic E-state index is 13.7. The van der Waals surface area contributed by atoms with Crippen LogP contribution < -0.4 is 4.74 Å². The molecule has 4 nitrogen and oxygen atoms in total. The minimum atomic E-state index is -0.840. The van der Waals surface area contributed by atoms with Crippen LogP contribution in [0.4, 0.5) is 8.78 Å². The number of piperidine rings is 1. The molecule has 2 heterocycles. The van der Waals surface area contributed by atoms with Gasteiger partial charge in [0.1, 0.15) is 5.75 Å². The van der Waals surface area contributed by atoms with Crippen LogP contribution in [0, 0.1) is 11.6 Å². The third-order valence-electron chi connectivity index (χ3n) is 5.48. The summed E-state index contributed by atoms with van der Waals surface area (Å²) in [6.07, 6.45) is 3.80. The Labute approximate surface area is 169 Å². The largest absolute Gasteiger partial charge is 0.494 e. The molecule has 0 radical (unpaired) electrons. The Balaban J connectivity index is 1.53. The van der Waals surface area contributed by atoms with Crippen LogP contribution in [0.2, 0.25) is 0 Å². The number of para-hydroxylation sites is 1. The zero-order valence-electron chi connectivity index (χ0n) is 16.5. The van der Waals surface area contributed by atoms with Gasteiger partial charge in [0.25, 0.3) is 0 Å². The van der Waals surface area contributed by atoms with E-state index in [1.807, 2.05) is 25.1 Å². The van der Waals surface area contributed by atoms with Crippen LogP contribution in [-0.4, -0.2) is 34.8 Å². The van der Waals surface area contributed by atoms with Crippen molar-refractivity contribution in [2.24, 2.45) is 0 Å². The summed E-state index contributed by atoms with van der Waals surface area (Å²) in [6, 6.07) is 12.2. The van der Waals surface area contributed by atoms with Crippen molar-refractivity contribution in [3.05, 3.63) is 71.6 Å². The molecule has 1 fully saturated rings. The summed E-state index contributed by atoms with van der Waals surface area (Å²) in [6.45, 7) is 5.35. The number of H-pyrrole nitrogens is 1. The molecule has 0 spiro atoms. The van der Waals surface area contributed by atoms with E-state index in [1.54, 1.807) is 12.3 Å². The summed E-state index contributed by atoms with van der Waals surface area (Å²) in [4.78, 5) is 2.42. The summed E-state index contributed by atoms with van der Waals surface area (Å²) >= 11 is 0. The van der Waals surface area contributed by atoms with Crippen molar-refractivity contribution in [1.29, 1.82) is 0 Å². The molecule has 1 N–H and O–H groups in total. The highest BCUT2D eigenvalue weighted by atomic mass is 19.2. The van der Waals surface area contributed by atoms with E-state index in [4.69, 9.17) is 4.74 Å². The number of rotatable bonds is 6. The number of nitrogens with zero attached hydrogens (tertiary/aromatic N) is 2. The molecule has 6 heteroatoms. The average Bonchev–Trinajstić information content (AvgIpc) is 3.22. The second-order valence-electron chi connectivity index (χ2n) is 7.44. The number of benzene rings is 2. The van der Waals surface area contributed by atoms with E-state index in [1.165, 1.54) is 17.7 Å². The smallest absolute Gasteiger partial charge is 0.159 e. The van der Waals surface area contributed by atoms with Crippen LogP contribution in [0.15, 0.2) is 48.7 Å². The van der Waals surface area contributed by atoms with Gasteiger partial charge >= 0.3 is 0 Å². The van der Waals surface area contributed by atoms with Crippen molar-refractivity contribution in [2.45, 2.75) is 32.2 Å². The summed E-state index contributed by atoms with van der Waals surface area (Å²) in [5.74, 6) is -0.488. The predicted molar refractivity (Wildman–Crippen MR) is 109 cm³/mol. The molecule has 0 saturated carbocycles. The van der Waals surface area contributed by atoms with Gasteiger partial charge in [0.05, 0.1) is 12.8 Å². The third kappa shape index (κ3) is 4.32. The van der Waals surface area contributed by atoms with E-state index >= 15 is 0 Å². The third-order valence-corrected chi connectivity index (χ3v) is 5.48. The number of aromatic nitrogens is 2. The van der Waals surface area contributed by atoms with Crippen molar-refractivity contribution in [3.63, 3.8) is 0 Å². The van der Waals surface area contributed by atoms with Crippen molar-refractivity contribution < 1.29 is 13.5 Å². The SMILES string of the molecule is CCOc1ccccc1CN1CCC[C@@H](c2[nH]ncc2-c2ccc(F)c(F)c2)C1. The number of ether oxygens (including phenoxy) is 1. The molecule has 2 aromatic carbocycles. The highest BCUT2D eigenvalue weighted by Gasteiger charge is 2.26. The maximum atomic E-state index is 13.7. The molecule has 4 rings (SSSR count). The molecule has 152 valence electrons. The van der Waals surface area contributed by atoms with Crippen molar-refractivity contribution in [3.8, 4) is 16.9 Å². The highest BCUT2D eigenvalue weighted by Crippen LogP contribution is 2.34. The second kappa shape index (κ2) is 8.74. The van der Waals surface area contributed by atoms with Crippen molar-refractivity contribution >= 4 is 0 Å². The number of hydrogen-bond donors (Lipinski definition) is 1. The topological polar surface area (TPSA) is 41.1 Å². The first-order valence-electron chi connectivity index (χ1n) is 10.1. The molecule has 1 aliphatic heterocycles. The van der Waals surface area contributed by atoms with E-state index in [0.29, 0.717) is 12.2 Å². The molecule has 0 unspecified atom stereocenters. The van der Waals surface area contributed by atoms with Crippen LogP contribution in [0.25, 0.3) is 11.1 Å². The second-order valence-corrected chi connectivity index (χ2v) is 7.44. The number of hydrogen-bond acceptors (Lipinski definition) is 3. The lowest BCUT2D eigenvalue weighted by Crippen LogP contribution is -2.34. The Morgan fingerprint density at radius 3 is 2.86 bits per heavy atom. The monoisotopic (exact) mass is 397 g/mol. The van der Waals surface area contributed by atoms with Crippen LogP contribution in [0.5, 0.6) is 5.75 Å². The van der Waals surface area contributed by atoms with Gasteiger partial charge in [-0.3, -0.25) is 10.00 Å². The summed E-state index contributed by atoms with van der Waals surface area (Å²) < 4.78 is 32.8. The summed E-state index contributed by atoms with van der Waals surface area (Å²) in [5.41, 5.74) is 3.65. The van der Waals surface area contributed by atoms with Gasteiger partial charge in [0.15, 0.2) is 11.6 Å². The van der Waals surface area contributed by atoms with Gasteiger partial charge in [-0.05, 0) is 50.1 Å². The fraction of sp³-hybridized carbons (Fsp3) is 0.348. The Kier molecular flexibility index (Phi) is 5.90. The lowest BCUT2D eigenvalue weighted by atomic mass is 9.90. The Morgan fingerprint density at radius 1 is 1.17 bits per heavy atom. The van der Waals surface area contributed by atoms with E-state index < -0.39 is 11.6 Å². The Hall–Kier alpha value is -2.73. The van der Waals surface area contributed by atoms with Gasteiger partial charge in [0.2, 0.25) is 0 Å². The first-order chi connectivity index (χ1) is 14.2. The molecule has 0 amide bonds. The lowest BCUT2D eigenvalue weighted by molar-refractivity contribution is 0.195. The average molecular weight is 397 g/mol. The van der Waals surface area contributed by atoms with E-state index in [9.17, 15) is 8.78 Å². The molecule has 29 heavy (non-hydrogen) atoms. The van der Waals surface area contributed by atoms with Crippen LogP contribution >= 0.6 is 0 Å². The van der Waals surface area contributed by atoms with Gasteiger partial charge < -0.3 is 4.74 Å². The standard InChI is InChI=1S/C23H25F2N3O/c1-2-29-22-8-4-3-6-17(22)14-28-11-5-7-18(15-28)23-19(13-26-27-23)16-9-10-20(24)21(25)12-16/h3-4,6,8-10,12-13,18H,2,5,7,11,14-15H2,1H3,(H,26,27)/t18-/m1/s1. The molecule has 0 aliphatic carbocycles. The zero-order chi connectivity index (χ0) is 20.2. The van der Waals surface area contributed by atoms with E-state index in [2.05, 4.69) is 21.2 Å². The molecule has 1 saturated heterocycles. The summed E-state index contributed by atoms with van der Waals surface area (Å²) in [7, 11) is 0. The fourth-order valence-electron chi connectivity index (χ4n) is 4.11. The molecule has 1 atom stereocenters. The number of likely N-dealkylation sites (tertiary alicyclic amines) is 1. The van der Waals surface area contributed by atoms with Gasteiger partial charge in [-0.25, -0.2) is 8.78 Å². The normalized spacial score (nSPS) is 17.4. The van der Waals surface area contributed by atoms with Gasteiger partial charge in [-0.1, -0.05) is 24.3 Å². The zero-order valence-corrected chi connectivity index (χ0v) is 16.5. The highest BCUT2D eigenvalue weighted by molar-refractivity contribution is 5.66. The van der Waals surface area contributed by atoms with Crippen molar-refractivity contribution in [2.75, 3.05) is 19.7 Å². The molecule has 1 aliphatic rings. The van der Waals surface area contributed by atoms with Crippen LogP contribution in [0.1, 0.15) is 36.9 Å². The number of nitrogens with one attached hydrogen (secondary N) is 1. The first kappa shape index (κ1) is 19.6. The van der Waals surface area contributed by atoms with Gasteiger partial charge in [-0.2, -0.15) is 5.10 Å². The van der Waals surface area contributed by atoms with Crippen molar-refractivity contribution in [1.82, 2.24) is 15.1 Å². The van der Waals surface area contributed by atoms with Gasteiger partial charge in [0, 0.05) is 35.8 Å². The molecular formula is C23H25F2N3O. The number of halogens is 2. The van der Waals surface area contributed by atoms with E-state index in [0.717, 1.165) is 49.5 Å². The first-order valence-corrected chi connectivity index (χ1v) is 10.1. The Morgan fingerprint density at radius 2 is 2.03 bits per heavy atom. The molecule has 1 aromatic heterocycles. The lowest BCUT2D eigenvalue weighted by Gasteiger charge is -2.33. The minimum absolute atomic E-state index is 0.258. The Bertz CT molecular complexity index is 972. The maximum Gasteiger partial charge on any atom is 0.159 e. The van der Waals surface area contributed by atoms with E-state index in [-0.39, 0.29) is 5.92 Å².